The van der Waals surface area contributed by atoms with Crippen molar-refractivity contribution >= 4 is 11.9 Å². The molecule has 1 N–H and O–H groups in total. The first-order valence-corrected chi connectivity index (χ1v) is 8.07. The van der Waals surface area contributed by atoms with Crippen molar-refractivity contribution in [2.45, 2.75) is 38.6 Å². The van der Waals surface area contributed by atoms with Gasteiger partial charge in [-0.1, -0.05) is 5.16 Å². The van der Waals surface area contributed by atoms with Gasteiger partial charge in [0.15, 0.2) is 0 Å². The van der Waals surface area contributed by atoms with Crippen molar-refractivity contribution in [3.63, 3.8) is 0 Å². The van der Waals surface area contributed by atoms with E-state index in [1.807, 2.05) is 0 Å². The summed E-state index contributed by atoms with van der Waals surface area (Å²) in [6.07, 6.45) is 1.51. The Balaban J connectivity index is 1.63. The molecule has 7 nitrogen and oxygen atoms in total. The summed E-state index contributed by atoms with van der Waals surface area (Å²) in [5.41, 5.74) is 1.11. The normalized spacial score (nSPS) is 17.0. The topological polar surface area (TPSA) is 96.5 Å². The number of likely N-dealkylation sites (tertiary alicyclic amines) is 1. The lowest BCUT2D eigenvalue weighted by Gasteiger charge is -2.20. The van der Waals surface area contributed by atoms with Crippen molar-refractivity contribution in [3.8, 4) is 11.4 Å². The molecule has 1 saturated heterocycles. The van der Waals surface area contributed by atoms with E-state index in [1.165, 1.54) is 11.0 Å². The van der Waals surface area contributed by atoms with Crippen LogP contribution in [0.1, 0.15) is 30.7 Å². The quantitative estimate of drug-likeness (QED) is 0.890. The predicted molar refractivity (Wildman–Crippen MR) is 85.1 cm³/mol. The zero-order chi connectivity index (χ0) is 18.0. The summed E-state index contributed by atoms with van der Waals surface area (Å²) in [4.78, 5) is 29.0. The number of benzene rings is 1. The number of carboxylic acid groups (broad SMARTS) is 1. The molecule has 1 unspecified atom stereocenters. The summed E-state index contributed by atoms with van der Waals surface area (Å²) in [5, 5.41) is 13.0. The Morgan fingerprint density at radius 1 is 1.44 bits per heavy atom. The van der Waals surface area contributed by atoms with Crippen molar-refractivity contribution in [2.24, 2.45) is 0 Å². The highest BCUT2D eigenvalue weighted by atomic mass is 19.1. The van der Waals surface area contributed by atoms with E-state index >= 15 is 0 Å². The van der Waals surface area contributed by atoms with Crippen LogP contribution >= 0.6 is 0 Å². The molecular formula is C17H18FN3O4. The van der Waals surface area contributed by atoms with Gasteiger partial charge in [0.25, 0.3) is 0 Å². The molecule has 1 atom stereocenters. The van der Waals surface area contributed by atoms with Crippen LogP contribution in [0.25, 0.3) is 11.4 Å². The van der Waals surface area contributed by atoms with Gasteiger partial charge in [-0.15, -0.1) is 0 Å². The minimum atomic E-state index is -0.974. The number of halogens is 1. The lowest BCUT2D eigenvalue weighted by Crippen LogP contribution is -2.40. The first-order chi connectivity index (χ1) is 12.0. The molecule has 0 spiro atoms. The molecule has 0 bridgehead atoms. The molecule has 1 aromatic carbocycles. The van der Waals surface area contributed by atoms with Crippen LogP contribution in [0.3, 0.4) is 0 Å². The summed E-state index contributed by atoms with van der Waals surface area (Å²) >= 11 is 0. The molecule has 1 aliphatic rings. The number of rotatable bonds is 5. The number of aliphatic carboxylic acids is 1. The van der Waals surface area contributed by atoms with Gasteiger partial charge in [0, 0.05) is 24.9 Å². The number of amides is 1. The zero-order valence-electron chi connectivity index (χ0n) is 13.7. The second-order valence-corrected chi connectivity index (χ2v) is 6.06. The average molecular weight is 347 g/mol. The van der Waals surface area contributed by atoms with Crippen LogP contribution in [0.5, 0.6) is 0 Å². The minimum Gasteiger partial charge on any atom is -0.480 e. The Bertz CT molecular complexity index is 805. The SMILES string of the molecule is Cc1cc(-c2noc(CCC(=O)N3CCCC3C(=O)O)n2)ccc1F. The van der Waals surface area contributed by atoms with E-state index in [1.54, 1.807) is 19.1 Å². The number of carbonyl (C=O) groups is 2. The number of aryl methyl sites for hydroxylation is 2. The first kappa shape index (κ1) is 17.1. The van der Waals surface area contributed by atoms with Crippen LogP contribution in [-0.4, -0.2) is 44.6 Å². The van der Waals surface area contributed by atoms with E-state index in [0.29, 0.717) is 36.3 Å². The summed E-state index contributed by atoms with van der Waals surface area (Å²) in [6, 6.07) is 3.78. The third kappa shape index (κ3) is 3.67. The van der Waals surface area contributed by atoms with Gasteiger partial charge in [0.2, 0.25) is 17.6 Å². The van der Waals surface area contributed by atoms with Crippen LogP contribution < -0.4 is 0 Å². The van der Waals surface area contributed by atoms with Gasteiger partial charge in [-0.2, -0.15) is 4.98 Å². The van der Waals surface area contributed by atoms with E-state index < -0.39 is 12.0 Å². The maximum Gasteiger partial charge on any atom is 0.326 e. The van der Waals surface area contributed by atoms with E-state index in [2.05, 4.69) is 10.1 Å². The Kier molecular flexibility index (Phi) is 4.78. The second kappa shape index (κ2) is 7.00. The lowest BCUT2D eigenvalue weighted by atomic mass is 10.1. The highest BCUT2D eigenvalue weighted by Gasteiger charge is 2.33. The van der Waals surface area contributed by atoms with E-state index in [9.17, 15) is 14.0 Å². The van der Waals surface area contributed by atoms with Gasteiger partial charge in [-0.05, 0) is 43.5 Å². The molecule has 0 saturated carbocycles. The molecule has 8 heteroatoms. The molecule has 2 aromatic rings. The van der Waals surface area contributed by atoms with Gasteiger partial charge in [-0.3, -0.25) is 4.79 Å². The number of aromatic nitrogens is 2. The van der Waals surface area contributed by atoms with Crippen LogP contribution in [0.2, 0.25) is 0 Å². The molecule has 0 radical (unpaired) electrons. The Morgan fingerprint density at radius 2 is 2.24 bits per heavy atom. The summed E-state index contributed by atoms with van der Waals surface area (Å²) in [5.74, 6) is -0.900. The van der Waals surface area contributed by atoms with Crippen LogP contribution in [-0.2, 0) is 16.0 Å². The first-order valence-electron chi connectivity index (χ1n) is 8.07. The average Bonchev–Trinajstić information content (AvgIpc) is 3.24. The summed E-state index contributed by atoms with van der Waals surface area (Å²) < 4.78 is 18.5. The van der Waals surface area contributed by atoms with Crippen LogP contribution in [0, 0.1) is 12.7 Å². The van der Waals surface area contributed by atoms with Crippen molar-refractivity contribution in [1.82, 2.24) is 15.0 Å². The predicted octanol–water partition coefficient (Wildman–Crippen LogP) is 2.19. The van der Waals surface area contributed by atoms with Gasteiger partial charge < -0.3 is 14.5 Å². The fourth-order valence-corrected chi connectivity index (χ4v) is 2.94. The number of nitrogens with zero attached hydrogens (tertiary/aromatic N) is 3. The molecule has 3 rings (SSSR count). The molecule has 2 heterocycles. The summed E-state index contributed by atoms with van der Waals surface area (Å²) in [7, 11) is 0. The molecule has 1 aliphatic heterocycles. The van der Waals surface area contributed by atoms with Crippen molar-refractivity contribution in [1.29, 1.82) is 0 Å². The highest BCUT2D eigenvalue weighted by Crippen LogP contribution is 2.21. The number of hydrogen-bond acceptors (Lipinski definition) is 5. The molecule has 132 valence electrons. The Labute approximate surface area is 143 Å². The van der Waals surface area contributed by atoms with Gasteiger partial charge in [0.05, 0.1) is 0 Å². The van der Waals surface area contributed by atoms with Crippen LogP contribution in [0.15, 0.2) is 22.7 Å². The molecule has 1 fully saturated rings. The smallest absolute Gasteiger partial charge is 0.326 e. The number of carbonyl (C=O) groups excluding carboxylic acids is 1. The van der Waals surface area contributed by atoms with Crippen molar-refractivity contribution < 1.29 is 23.6 Å². The Hall–Kier alpha value is -2.77. The number of carboxylic acids is 1. The third-order valence-corrected chi connectivity index (χ3v) is 4.30. The highest BCUT2D eigenvalue weighted by molar-refractivity contribution is 5.84. The lowest BCUT2D eigenvalue weighted by molar-refractivity contribution is -0.148. The fraction of sp³-hybridized carbons (Fsp3) is 0.412. The minimum absolute atomic E-state index is 0.105. The van der Waals surface area contributed by atoms with Gasteiger partial charge in [-0.25, -0.2) is 9.18 Å². The largest absolute Gasteiger partial charge is 0.480 e. The second-order valence-electron chi connectivity index (χ2n) is 6.06. The molecular weight excluding hydrogens is 329 g/mol. The number of hydrogen-bond donors (Lipinski definition) is 1. The van der Waals surface area contributed by atoms with Gasteiger partial charge >= 0.3 is 5.97 Å². The fourth-order valence-electron chi connectivity index (χ4n) is 2.94. The van der Waals surface area contributed by atoms with E-state index in [4.69, 9.17) is 9.63 Å². The molecule has 1 aromatic heterocycles. The maximum absolute atomic E-state index is 13.3. The molecule has 25 heavy (non-hydrogen) atoms. The monoisotopic (exact) mass is 347 g/mol. The third-order valence-electron chi connectivity index (χ3n) is 4.30. The summed E-state index contributed by atoms with van der Waals surface area (Å²) in [6.45, 7) is 2.10. The molecule has 1 amide bonds. The van der Waals surface area contributed by atoms with Crippen LogP contribution in [0.4, 0.5) is 4.39 Å². The zero-order valence-corrected chi connectivity index (χ0v) is 13.7. The van der Waals surface area contributed by atoms with E-state index in [0.717, 1.165) is 0 Å². The maximum atomic E-state index is 13.3. The van der Waals surface area contributed by atoms with Gasteiger partial charge in [0.1, 0.15) is 11.9 Å². The Morgan fingerprint density at radius 3 is 2.96 bits per heavy atom. The van der Waals surface area contributed by atoms with Crippen molar-refractivity contribution in [2.75, 3.05) is 6.54 Å². The molecule has 0 aliphatic carbocycles. The standard InChI is InChI=1S/C17H18FN3O4/c1-10-9-11(4-5-12(10)18)16-19-14(25-20-16)6-7-15(22)21-8-2-3-13(21)17(23)24/h4-5,9,13H,2-3,6-8H2,1H3,(H,23,24). The van der Waals surface area contributed by atoms with Crippen molar-refractivity contribution in [3.05, 3.63) is 35.5 Å². The van der Waals surface area contributed by atoms with E-state index in [-0.39, 0.29) is 30.5 Å².